The Kier molecular flexibility index (Phi) is 4.05. The summed E-state index contributed by atoms with van der Waals surface area (Å²) < 4.78 is 23.4. The molecule has 2 rings (SSSR count). The van der Waals surface area contributed by atoms with Gasteiger partial charge in [-0.1, -0.05) is 6.07 Å². The molecule has 1 aromatic carbocycles. The molecule has 8 heteroatoms. The van der Waals surface area contributed by atoms with Crippen LogP contribution in [0.2, 0.25) is 0 Å². The Bertz CT molecular complexity index is 862. The van der Waals surface area contributed by atoms with Gasteiger partial charge in [-0.25, -0.2) is 8.42 Å². The lowest BCUT2D eigenvalue weighted by Gasteiger charge is -2.07. The Morgan fingerprint density at radius 2 is 1.91 bits per heavy atom. The van der Waals surface area contributed by atoms with Crippen molar-refractivity contribution >= 4 is 21.7 Å². The summed E-state index contributed by atoms with van der Waals surface area (Å²) in [5, 5.41) is 0. The maximum Gasteiger partial charge on any atom is 0.280 e. The van der Waals surface area contributed by atoms with Crippen LogP contribution in [0.1, 0.15) is 16.1 Å². The number of aliphatic imine (C=N–C) groups is 1. The summed E-state index contributed by atoms with van der Waals surface area (Å²) in [5.74, 6) is -1.08. The predicted octanol–water partition coefficient (Wildman–Crippen LogP) is 0.807. The number of sulfone groups is 1. The van der Waals surface area contributed by atoms with E-state index in [1.807, 2.05) is 13.0 Å². The third-order valence-electron chi connectivity index (χ3n) is 3.02. The molecule has 0 aliphatic heterocycles. The number of benzene rings is 1. The number of guanidine groups is 1. The highest BCUT2D eigenvalue weighted by molar-refractivity contribution is 7.90. The molecular formula is C14H16N4O3S. The van der Waals surface area contributed by atoms with E-state index in [2.05, 4.69) is 9.98 Å². The standard InChI is InChI=1S/C14H16N4O3S/c1-8-5-9(7-17-8)11-4-3-10(22(2,20)21)6-12(11)13(19)18-14(15)16/h3-7,17H,1-2H3,(H4,15,16,18,19). The van der Waals surface area contributed by atoms with Crippen molar-refractivity contribution in [3.63, 3.8) is 0 Å². The number of amides is 1. The average molecular weight is 320 g/mol. The Morgan fingerprint density at radius 1 is 1.23 bits per heavy atom. The molecule has 0 bridgehead atoms. The smallest absolute Gasteiger partial charge is 0.280 e. The van der Waals surface area contributed by atoms with Gasteiger partial charge in [0.1, 0.15) is 0 Å². The van der Waals surface area contributed by atoms with E-state index in [-0.39, 0.29) is 16.4 Å². The van der Waals surface area contributed by atoms with Crippen molar-refractivity contribution in [2.45, 2.75) is 11.8 Å². The minimum absolute atomic E-state index is 0.0256. The molecule has 0 atom stereocenters. The van der Waals surface area contributed by atoms with Gasteiger partial charge >= 0.3 is 0 Å². The molecule has 0 radical (unpaired) electrons. The van der Waals surface area contributed by atoms with Crippen molar-refractivity contribution < 1.29 is 13.2 Å². The molecule has 0 unspecified atom stereocenters. The van der Waals surface area contributed by atoms with Crippen LogP contribution in [0.4, 0.5) is 0 Å². The molecule has 22 heavy (non-hydrogen) atoms. The van der Waals surface area contributed by atoms with Gasteiger partial charge in [-0.3, -0.25) is 4.79 Å². The van der Waals surface area contributed by atoms with E-state index >= 15 is 0 Å². The molecule has 0 fully saturated rings. The van der Waals surface area contributed by atoms with E-state index in [0.717, 1.165) is 17.5 Å². The summed E-state index contributed by atoms with van der Waals surface area (Å²) in [4.78, 5) is 18.7. The van der Waals surface area contributed by atoms with Crippen LogP contribution in [0.25, 0.3) is 11.1 Å². The highest BCUT2D eigenvalue weighted by Crippen LogP contribution is 2.27. The number of rotatable bonds is 3. The number of aryl methyl sites for hydroxylation is 1. The van der Waals surface area contributed by atoms with Crippen LogP contribution in [0, 0.1) is 6.92 Å². The third-order valence-corrected chi connectivity index (χ3v) is 4.13. The van der Waals surface area contributed by atoms with Crippen LogP contribution in [0.5, 0.6) is 0 Å². The van der Waals surface area contributed by atoms with Crippen molar-refractivity contribution in [1.82, 2.24) is 4.98 Å². The first kappa shape index (κ1) is 15.8. The summed E-state index contributed by atoms with van der Waals surface area (Å²) in [6.45, 7) is 1.87. The molecule has 0 spiro atoms. The van der Waals surface area contributed by atoms with Crippen molar-refractivity contribution in [2.24, 2.45) is 16.5 Å². The Morgan fingerprint density at radius 3 is 2.41 bits per heavy atom. The van der Waals surface area contributed by atoms with E-state index in [1.54, 1.807) is 12.3 Å². The number of nitrogens with two attached hydrogens (primary N) is 2. The first-order valence-electron chi connectivity index (χ1n) is 6.32. The van der Waals surface area contributed by atoms with Crippen LogP contribution < -0.4 is 11.5 Å². The molecule has 0 saturated carbocycles. The Labute approximate surface area is 128 Å². The zero-order valence-corrected chi connectivity index (χ0v) is 12.9. The van der Waals surface area contributed by atoms with Gasteiger partial charge < -0.3 is 16.5 Å². The minimum atomic E-state index is -3.45. The van der Waals surface area contributed by atoms with Crippen molar-refractivity contribution in [2.75, 3.05) is 6.26 Å². The molecule has 7 nitrogen and oxygen atoms in total. The van der Waals surface area contributed by atoms with Gasteiger partial charge in [0.25, 0.3) is 5.91 Å². The number of hydrogen-bond acceptors (Lipinski definition) is 3. The van der Waals surface area contributed by atoms with Crippen molar-refractivity contribution in [3.05, 3.63) is 41.7 Å². The molecule has 1 amide bonds. The SMILES string of the molecule is Cc1cc(-c2ccc(S(C)(=O)=O)cc2C(=O)N=C(N)N)c[nH]1. The predicted molar refractivity (Wildman–Crippen MR) is 84.2 cm³/mol. The monoisotopic (exact) mass is 320 g/mol. The first-order valence-corrected chi connectivity index (χ1v) is 8.21. The first-order chi connectivity index (χ1) is 10.2. The lowest BCUT2D eigenvalue weighted by Crippen LogP contribution is -2.24. The highest BCUT2D eigenvalue weighted by atomic mass is 32.2. The Hall–Kier alpha value is -2.61. The van der Waals surface area contributed by atoms with Crippen molar-refractivity contribution in [1.29, 1.82) is 0 Å². The fourth-order valence-electron chi connectivity index (χ4n) is 2.02. The van der Waals surface area contributed by atoms with E-state index < -0.39 is 15.7 Å². The van der Waals surface area contributed by atoms with Gasteiger partial charge in [-0.2, -0.15) is 4.99 Å². The van der Waals surface area contributed by atoms with Crippen LogP contribution in [0.15, 0.2) is 40.4 Å². The number of hydrogen-bond donors (Lipinski definition) is 3. The number of aromatic nitrogens is 1. The van der Waals surface area contributed by atoms with E-state index in [1.165, 1.54) is 12.1 Å². The van der Waals surface area contributed by atoms with Gasteiger partial charge in [0.15, 0.2) is 15.8 Å². The van der Waals surface area contributed by atoms with Crippen LogP contribution in [-0.4, -0.2) is 31.5 Å². The molecule has 0 saturated heterocycles. The van der Waals surface area contributed by atoms with E-state index in [0.29, 0.717) is 5.56 Å². The summed E-state index contributed by atoms with van der Waals surface area (Å²) in [6.07, 6.45) is 2.79. The molecule has 1 heterocycles. The highest BCUT2D eigenvalue weighted by Gasteiger charge is 2.17. The second-order valence-electron chi connectivity index (χ2n) is 4.89. The van der Waals surface area contributed by atoms with Crippen LogP contribution >= 0.6 is 0 Å². The number of nitrogens with one attached hydrogen (secondary N) is 1. The van der Waals surface area contributed by atoms with Gasteiger partial charge in [0, 0.05) is 23.7 Å². The number of carbonyl (C=O) groups is 1. The summed E-state index contributed by atoms with van der Waals surface area (Å²) in [7, 11) is -3.45. The van der Waals surface area contributed by atoms with E-state index in [9.17, 15) is 13.2 Å². The molecule has 1 aromatic heterocycles. The fourth-order valence-corrected chi connectivity index (χ4v) is 2.67. The molecule has 0 aliphatic carbocycles. The molecular weight excluding hydrogens is 304 g/mol. The van der Waals surface area contributed by atoms with E-state index in [4.69, 9.17) is 11.5 Å². The topological polar surface area (TPSA) is 131 Å². The number of nitrogens with zero attached hydrogens (tertiary/aromatic N) is 1. The lowest BCUT2D eigenvalue weighted by molar-refractivity contribution is 0.100. The van der Waals surface area contributed by atoms with Crippen molar-refractivity contribution in [3.8, 4) is 11.1 Å². The maximum absolute atomic E-state index is 12.2. The van der Waals surface area contributed by atoms with Crippen LogP contribution in [-0.2, 0) is 9.84 Å². The molecule has 2 aromatic rings. The molecule has 0 aliphatic rings. The van der Waals surface area contributed by atoms with Gasteiger partial charge in [0.2, 0.25) is 0 Å². The second kappa shape index (κ2) is 5.64. The van der Waals surface area contributed by atoms with Gasteiger partial charge in [0.05, 0.1) is 10.5 Å². The average Bonchev–Trinajstić information content (AvgIpc) is 2.82. The minimum Gasteiger partial charge on any atom is -0.370 e. The summed E-state index contributed by atoms with van der Waals surface area (Å²) in [6, 6.07) is 6.12. The van der Waals surface area contributed by atoms with Gasteiger partial charge in [-0.05, 0) is 30.7 Å². The number of carbonyl (C=O) groups excluding carboxylic acids is 1. The normalized spacial score (nSPS) is 11.2. The molecule has 116 valence electrons. The lowest BCUT2D eigenvalue weighted by atomic mass is 10.0. The Balaban J connectivity index is 2.68. The molecule has 5 N–H and O–H groups in total. The zero-order valence-electron chi connectivity index (χ0n) is 12.1. The third kappa shape index (κ3) is 3.34. The van der Waals surface area contributed by atoms with Gasteiger partial charge in [-0.15, -0.1) is 0 Å². The number of aromatic amines is 1. The van der Waals surface area contributed by atoms with Crippen LogP contribution in [0.3, 0.4) is 0 Å². The quantitative estimate of drug-likeness (QED) is 0.568. The zero-order chi connectivity index (χ0) is 16.5. The fraction of sp³-hybridized carbons (Fsp3) is 0.143. The maximum atomic E-state index is 12.2. The summed E-state index contributed by atoms with van der Waals surface area (Å²) >= 11 is 0. The number of H-pyrrole nitrogens is 1. The largest absolute Gasteiger partial charge is 0.370 e. The summed E-state index contributed by atoms with van der Waals surface area (Å²) in [5.41, 5.74) is 12.8. The second-order valence-corrected chi connectivity index (χ2v) is 6.91.